The van der Waals surface area contributed by atoms with E-state index in [2.05, 4.69) is 10.3 Å². The molecule has 4 rings (SSSR count). The first-order valence-corrected chi connectivity index (χ1v) is 8.81. The van der Waals surface area contributed by atoms with Crippen LogP contribution in [0.5, 0.6) is 11.5 Å². The fraction of sp³-hybridized carbons (Fsp3) is 0.286. The number of hydrogen-bond donors (Lipinski definition) is 2. The Bertz CT molecular complexity index is 1040. The van der Waals surface area contributed by atoms with Gasteiger partial charge in [-0.05, 0) is 62.2 Å². The highest BCUT2D eigenvalue weighted by Crippen LogP contribution is 2.35. The summed E-state index contributed by atoms with van der Waals surface area (Å²) >= 11 is 0. The van der Waals surface area contributed by atoms with E-state index in [0.717, 1.165) is 27.7 Å². The summed E-state index contributed by atoms with van der Waals surface area (Å²) in [7, 11) is 0. The topological polar surface area (TPSA) is 63.4 Å². The predicted octanol–water partition coefficient (Wildman–Crippen LogP) is 3.94. The quantitative estimate of drug-likeness (QED) is 0.733. The van der Waals surface area contributed by atoms with Gasteiger partial charge in [0.2, 0.25) is 12.7 Å². The van der Waals surface area contributed by atoms with Crippen molar-refractivity contribution in [2.75, 3.05) is 6.79 Å². The van der Waals surface area contributed by atoms with Crippen LogP contribution in [0.25, 0.3) is 10.9 Å². The first-order chi connectivity index (χ1) is 12.8. The molecule has 0 unspecified atom stereocenters. The number of carbonyl (C=O) groups excluding carboxylic acids is 1. The molecule has 1 amide bonds. The van der Waals surface area contributed by atoms with Crippen LogP contribution in [-0.2, 0) is 16.8 Å². The summed E-state index contributed by atoms with van der Waals surface area (Å²) in [6.07, 6.45) is 0.170. The minimum atomic E-state index is -0.594. The zero-order valence-electron chi connectivity index (χ0n) is 15.5. The van der Waals surface area contributed by atoms with Crippen LogP contribution in [0, 0.1) is 12.7 Å². The molecule has 1 aromatic heterocycles. The number of halogens is 1. The molecule has 2 heterocycles. The third-order valence-electron chi connectivity index (χ3n) is 4.97. The first kappa shape index (κ1) is 17.4. The van der Waals surface area contributed by atoms with Gasteiger partial charge < -0.3 is 19.8 Å². The molecule has 6 heteroatoms. The molecular formula is C21H21FN2O3. The molecule has 3 aromatic rings. The summed E-state index contributed by atoms with van der Waals surface area (Å²) in [6, 6.07) is 10.2. The minimum Gasteiger partial charge on any atom is -0.454 e. The van der Waals surface area contributed by atoms with Crippen LogP contribution in [0.3, 0.4) is 0 Å². The van der Waals surface area contributed by atoms with Gasteiger partial charge in [0.05, 0.1) is 12.0 Å². The van der Waals surface area contributed by atoms with Crippen LogP contribution in [0.15, 0.2) is 36.4 Å². The van der Waals surface area contributed by atoms with Crippen molar-refractivity contribution in [2.24, 2.45) is 0 Å². The molecule has 0 aliphatic carbocycles. The molecule has 0 saturated carbocycles. The SMILES string of the molecule is Cc1[nH]c2ccc(F)cc2c1CC(=O)NC(C)(C)c1ccc2c(c1)OCO2. The van der Waals surface area contributed by atoms with E-state index in [-0.39, 0.29) is 24.9 Å². The van der Waals surface area contributed by atoms with Crippen molar-refractivity contribution in [1.82, 2.24) is 10.3 Å². The highest BCUT2D eigenvalue weighted by molar-refractivity contribution is 5.90. The summed E-state index contributed by atoms with van der Waals surface area (Å²) in [5, 5.41) is 3.80. The highest BCUT2D eigenvalue weighted by atomic mass is 19.1. The number of ether oxygens (including phenoxy) is 2. The van der Waals surface area contributed by atoms with Crippen molar-refractivity contribution in [2.45, 2.75) is 32.7 Å². The van der Waals surface area contributed by atoms with E-state index < -0.39 is 5.54 Å². The van der Waals surface area contributed by atoms with Crippen molar-refractivity contribution in [1.29, 1.82) is 0 Å². The Balaban J connectivity index is 1.55. The third-order valence-corrected chi connectivity index (χ3v) is 4.97. The van der Waals surface area contributed by atoms with E-state index in [9.17, 15) is 9.18 Å². The lowest BCUT2D eigenvalue weighted by Crippen LogP contribution is -2.41. The number of H-pyrrole nitrogens is 1. The number of aromatic amines is 1. The number of fused-ring (bicyclic) bond motifs is 2. The number of hydrogen-bond acceptors (Lipinski definition) is 3. The van der Waals surface area contributed by atoms with Gasteiger partial charge in [-0.2, -0.15) is 0 Å². The number of aryl methyl sites for hydroxylation is 1. The zero-order valence-corrected chi connectivity index (χ0v) is 15.5. The summed E-state index contributed by atoms with van der Waals surface area (Å²) in [5.74, 6) is 0.935. The smallest absolute Gasteiger partial charge is 0.231 e. The summed E-state index contributed by atoms with van der Waals surface area (Å²) in [6.45, 7) is 5.97. The summed E-state index contributed by atoms with van der Waals surface area (Å²) in [4.78, 5) is 15.9. The van der Waals surface area contributed by atoms with Gasteiger partial charge in [0.1, 0.15) is 5.82 Å². The van der Waals surface area contributed by atoms with E-state index in [1.165, 1.54) is 12.1 Å². The predicted molar refractivity (Wildman–Crippen MR) is 100 cm³/mol. The van der Waals surface area contributed by atoms with Crippen molar-refractivity contribution in [3.63, 3.8) is 0 Å². The molecular weight excluding hydrogens is 347 g/mol. The maximum Gasteiger partial charge on any atom is 0.231 e. The molecule has 0 spiro atoms. The van der Waals surface area contributed by atoms with Gasteiger partial charge in [-0.25, -0.2) is 4.39 Å². The lowest BCUT2D eigenvalue weighted by atomic mass is 9.93. The van der Waals surface area contributed by atoms with E-state index in [1.807, 2.05) is 39.0 Å². The second kappa shape index (κ2) is 6.30. The molecule has 0 bridgehead atoms. The number of amides is 1. The van der Waals surface area contributed by atoms with Crippen LogP contribution >= 0.6 is 0 Å². The molecule has 140 valence electrons. The van der Waals surface area contributed by atoms with E-state index in [4.69, 9.17) is 9.47 Å². The molecule has 5 nitrogen and oxygen atoms in total. The highest BCUT2D eigenvalue weighted by Gasteiger charge is 2.26. The monoisotopic (exact) mass is 368 g/mol. The van der Waals surface area contributed by atoms with E-state index in [1.54, 1.807) is 6.07 Å². The molecule has 1 aliphatic rings. The average molecular weight is 368 g/mol. The third kappa shape index (κ3) is 3.23. The minimum absolute atomic E-state index is 0.133. The second-order valence-corrected chi connectivity index (χ2v) is 7.34. The lowest BCUT2D eigenvalue weighted by Gasteiger charge is -2.27. The Kier molecular flexibility index (Phi) is 4.06. The Morgan fingerprint density at radius 3 is 2.78 bits per heavy atom. The molecule has 2 N–H and O–H groups in total. The first-order valence-electron chi connectivity index (χ1n) is 8.81. The van der Waals surface area contributed by atoms with Crippen molar-refractivity contribution >= 4 is 16.8 Å². The fourth-order valence-electron chi connectivity index (χ4n) is 3.49. The fourth-order valence-corrected chi connectivity index (χ4v) is 3.49. The van der Waals surface area contributed by atoms with Crippen molar-refractivity contribution in [3.8, 4) is 11.5 Å². The molecule has 0 saturated heterocycles. The van der Waals surface area contributed by atoms with Crippen LogP contribution in [0.4, 0.5) is 4.39 Å². The normalized spacial score (nSPS) is 13.2. The number of aromatic nitrogens is 1. The molecule has 0 fully saturated rings. The number of benzene rings is 2. The number of nitrogens with one attached hydrogen (secondary N) is 2. The molecule has 27 heavy (non-hydrogen) atoms. The maximum absolute atomic E-state index is 13.6. The van der Waals surface area contributed by atoms with Gasteiger partial charge in [-0.3, -0.25) is 4.79 Å². The summed E-state index contributed by atoms with van der Waals surface area (Å²) < 4.78 is 24.4. The van der Waals surface area contributed by atoms with Crippen LogP contribution in [-0.4, -0.2) is 17.7 Å². The Morgan fingerprint density at radius 2 is 1.96 bits per heavy atom. The largest absolute Gasteiger partial charge is 0.454 e. The average Bonchev–Trinajstić information content (AvgIpc) is 3.19. The number of rotatable bonds is 4. The zero-order chi connectivity index (χ0) is 19.2. The lowest BCUT2D eigenvalue weighted by molar-refractivity contribution is -0.122. The Labute approximate surface area is 156 Å². The van der Waals surface area contributed by atoms with E-state index >= 15 is 0 Å². The van der Waals surface area contributed by atoms with Crippen LogP contribution in [0.1, 0.15) is 30.7 Å². The van der Waals surface area contributed by atoms with Gasteiger partial charge in [-0.15, -0.1) is 0 Å². The van der Waals surface area contributed by atoms with Crippen molar-refractivity contribution < 1.29 is 18.7 Å². The molecule has 0 radical (unpaired) electrons. The molecule has 1 aliphatic heterocycles. The van der Waals surface area contributed by atoms with Gasteiger partial charge in [0, 0.05) is 16.6 Å². The Morgan fingerprint density at radius 1 is 1.19 bits per heavy atom. The molecule has 0 atom stereocenters. The standard InChI is InChI=1S/C21H21FN2O3/c1-12-15(16-9-14(22)5-6-17(16)23-12)10-20(25)24-21(2,3)13-4-7-18-19(8-13)27-11-26-18/h4-9,23H,10-11H2,1-3H3,(H,24,25). The van der Waals surface area contributed by atoms with E-state index in [0.29, 0.717) is 11.5 Å². The molecule has 2 aromatic carbocycles. The van der Waals surface area contributed by atoms with Gasteiger partial charge in [-0.1, -0.05) is 6.07 Å². The Hall–Kier alpha value is -3.02. The second-order valence-electron chi connectivity index (χ2n) is 7.34. The van der Waals surface area contributed by atoms with Gasteiger partial charge in [0.25, 0.3) is 0 Å². The van der Waals surface area contributed by atoms with Gasteiger partial charge >= 0.3 is 0 Å². The van der Waals surface area contributed by atoms with Gasteiger partial charge in [0.15, 0.2) is 11.5 Å². The van der Waals surface area contributed by atoms with Crippen LogP contribution in [0.2, 0.25) is 0 Å². The van der Waals surface area contributed by atoms with Crippen LogP contribution < -0.4 is 14.8 Å². The van der Waals surface area contributed by atoms with Crippen molar-refractivity contribution in [3.05, 3.63) is 59.0 Å². The number of carbonyl (C=O) groups is 1. The maximum atomic E-state index is 13.6. The summed E-state index contributed by atoms with van der Waals surface area (Å²) in [5.41, 5.74) is 2.83.